The van der Waals surface area contributed by atoms with Crippen molar-refractivity contribution < 1.29 is 4.79 Å². The van der Waals surface area contributed by atoms with Gasteiger partial charge in [-0.1, -0.05) is 25.2 Å². The maximum absolute atomic E-state index is 10.9. The summed E-state index contributed by atoms with van der Waals surface area (Å²) in [5, 5.41) is 15.0. The minimum absolute atomic E-state index is 0.0636. The first-order chi connectivity index (χ1) is 6.63. The number of nitrogens with one attached hydrogen (secondary N) is 2. The number of carbonyl (C=O) groups is 1. The maximum atomic E-state index is 10.9. The molecular weight excluding hydrogens is 200 g/mol. The van der Waals surface area contributed by atoms with Crippen LogP contribution in [0.5, 0.6) is 0 Å². The molecule has 0 saturated heterocycles. The normalized spacial score (nSPS) is 10.3. The summed E-state index contributed by atoms with van der Waals surface area (Å²) < 4.78 is 0. The van der Waals surface area contributed by atoms with Crippen LogP contribution in [0.15, 0.2) is 0 Å². The van der Waals surface area contributed by atoms with Crippen molar-refractivity contribution in [2.24, 2.45) is 0 Å². The van der Waals surface area contributed by atoms with E-state index in [2.05, 4.69) is 34.7 Å². The fourth-order valence-corrected chi connectivity index (χ4v) is 1.53. The molecule has 0 spiro atoms. The van der Waals surface area contributed by atoms with Gasteiger partial charge in [0.15, 0.2) is 0 Å². The van der Waals surface area contributed by atoms with Gasteiger partial charge in [-0.05, 0) is 0 Å². The number of hydrogen-bond acceptors (Lipinski definition) is 5. The third-order valence-corrected chi connectivity index (χ3v) is 2.80. The molecule has 0 fully saturated rings. The fraction of sp³-hybridized carbons (Fsp3) is 0.625. The number of likely N-dealkylation sites (N-methyl/N-ethyl adjacent to an activating group) is 1. The molecule has 6 heteroatoms. The molecule has 1 amide bonds. The van der Waals surface area contributed by atoms with E-state index in [0.717, 1.165) is 5.01 Å². The quantitative estimate of drug-likeness (QED) is 0.778. The number of hydrogen-bond donors (Lipinski definition) is 2. The van der Waals surface area contributed by atoms with Crippen molar-refractivity contribution in [2.45, 2.75) is 19.8 Å². The van der Waals surface area contributed by atoms with E-state index in [4.69, 9.17) is 0 Å². The van der Waals surface area contributed by atoms with Crippen LogP contribution in [0.4, 0.5) is 5.13 Å². The van der Waals surface area contributed by atoms with Crippen molar-refractivity contribution in [2.75, 3.05) is 18.9 Å². The number of rotatable bonds is 4. The number of amides is 1. The molecule has 1 aromatic heterocycles. The van der Waals surface area contributed by atoms with Gasteiger partial charge >= 0.3 is 0 Å². The van der Waals surface area contributed by atoms with Crippen LogP contribution in [-0.2, 0) is 4.79 Å². The molecule has 5 nitrogen and oxygen atoms in total. The third-order valence-electron chi connectivity index (χ3n) is 1.61. The fourth-order valence-electron chi connectivity index (χ4n) is 0.784. The minimum atomic E-state index is -0.0636. The largest absolute Gasteiger partial charge is 0.358 e. The lowest BCUT2D eigenvalue weighted by Gasteiger charge is -1.99. The van der Waals surface area contributed by atoms with Crippen molar-refractivity contribution in [3.63, 3.8) is 0 Å². The molecule has 1 rings (SSSR count). The van der Waals surface area contributed by atoms with Crippen molar-refractivity contribution >= 4 is 22.4 Å². The average molecular weight is 214 g/mol. The molecule has 0 atom stereocenters. The number of nitrogens with zero attached hydrogens (tertiary/aromatic N) is 2. The van der Waals surface area contributed by atoms with E-state index in [-0.39, 0.29) is 12.5 Å². The smallest absolute Gasteiger partial charge is 0.239 e. The number of aromatic nitrogens is 2. The highest BCUT2D eigenvalue weighted by atomic mass is 32.1. The summed E-state index contributed by atoms with van der Waals surface area (Å²) in [5.74, 6) is 0.314. The second kappa shape index (κ2) is 4.90. The molecule has 2 N–H and O–H groups in total. The topological polar surface area (TPSA) is 66.9 Å². The molecule has 0 aliphatic heterocycles. The van der Waals surface area contributed by atoms with Crippen molar-refractivity contribution in [1.29, 1.82) is 0 Å². The van der Waals surface area contributed by atoms with Crippen LogP contribution >= 0.6 is 11.3 Å². The van der Waals surface area contributed by atoms with E-state index in [1.165, 1.54) is 11.3 Å². The Morgan fingerprint density at radius 2 is 2.21 bits per heavy atom. The van der Waals surface area contributed by atoms with E-state index in [1.807, 2.05) is 0 Å². The molecule has 1 aromatic rings. The van der Waals surface area contributed by atoms with Crippen LogP contribution in [0.3, 0.4) is 0 Å². The number of carbonyl (C=O) groups excluding carboxylic acids is 1. The summed E-state index contributed by atoms with van der Waals surface area (Å²) in [6, 6.07) is 0. The molecule has 0 unspecified atom stereocenters. The summed E-state index contributed by atoms with van der Waals surface area (Å²) in [7, 11) is 1.60. The second-order valence-electron chi connectivity index (χ2n) is 3.13. The van der Waals surface area contributed by atoms with E-state index < -0.39 is 0 Å². The van der Waals surface area contributed by atoms with Gasteiger partial charge in [0, 0.05) is 13.0 Å². The Hall–Kier alpha value is -1.17. The zero-order valence-electron chi connectivity index (χ0n) is 8.50. The highest BCUT2D eigenvalue weighted by Crippen LogP contribution is 2.21. The highest BCUT2D eigenvalue weighted by molar-refractivity contribution is 7.15. The zero-order chi connectivity index (χ0) is 10.6. The first kappa shape index (κ1) is 10.9. The Kier molecular flexibility index (Phi) is 3.82. The van der Waals surface area contributed by atoms with Crippen molar-refractivity contribution in [3.8, 4) is 0 Å². The predicted molar refractivity (Wildman–Crippen MR) is 56.6 cm³/mol. The molecular formula is C8H14N4OS. The van der Waals surface area contributed by atoms with E-state index in [9.17, 15) is 4.79 Å². The van der Waals surface area contributed by atoms with E-state index >= 15 is 0 Å². The van der Waals surface area contributed by atoms with Crippen molar-refractivity contribution in [1.82, 2.24) is 15.5 Å². The van der Waals surface area contributed by atoms with Gasteiger partial charge in [0.05, 0.1) is 6.54 Å². The molecule has 0 aliphatic carbocycles. The molecule has 14 heavy (non-hydrogen) atoms. The van der Waals surface area contributed by atoms with Gasteiger partial charge in [-0.2, -0.15) is 0 Å². The lowest BCUT2D eigenvalue weighted by molar-refractivity contribution is -0.118. The predicted octanol–water partition coefficient (Wildman–Crippen LogP) is 0.819. The maximum Gasteiger partial charge on any atom is 0.239 e. The summed E-state index contributed by atoms with van der Waals surface area (Å²) >= 11 is 1.48. The standard InChI is InChI=1S/C8H14N4OS/c1-5(2)7-11-12-8(14-7)10-4-6(13)9-3/h5H,4H2,1-3H3,(H,9,13)(H,10,12). The molecule has 0 aliphatic rings. The first-order valence-corrected chi connectivity index (χ1v) is 5.23. The number of anilines is 1. The van der Waals surface area contributed by atoms with Gasteiger partial charge in [0.25, 0.3) is 0 Å². The van der Waals surface area contributed by atoms with Gasteiger partial charge in [-0.15, -0.1) is 10.2 Å². The van der Waals surface area contributed by atoms with Crippen LogP contribution in [0.1, 0.15) is 24.8 Å². The molecule has 0 saturated carbocycles. The van der Waals surface area contributed by atoms with E-state index in [0.29, 0.717) is 11.0 Å². The zero-order valence-corrected chi connectivity index (χ0v) is 9.31. The summed E-state index contributed by atoms with van der Waals surface area (Å²) in [4.78, 5) is 10.9. The van der Waals surface area contributed by atoms with Crippen LogP contribution in [0.2, 0.25) is 0 Å². The van der Waals surface area contributed by atoms with Crippen molar-refractivity contribution in [3.05, 3.63) is 5.01 Å². The Balaban J connectivity index is 2.48. The Bertz CT molecular complexity index is 310. The summed E-state index contributed by atoms with van der Waals surface area (Å²) in [5.41, 5.74) is 0. The lowest BCUT2D eigenvalue weighted by Crippen LogP contribution is -2.26. The van der Waals surface area contributed by atoms with E-state index in [1.54, 1.807) is 7.05 Å². The lowest BCUT2D eigenvalue weighted by atomic mass is 10.2. The van der Waals surface area contributed by atoms with Gasteiger partial charge in [-0.3, -0.25) is 4.79 Å². The monoisotopic (exact) mass is 214 g/mol. The molecule has 78 valence electrons. The molecule has 0 radical (unpaired) electrons. The van der Waals surface area contributed by atoms with Crippen LogP contribution in [0.25, 0.3) is 0 Å². The van der Waals surface area contributed by atoms with Gasteiger partial charge in [0.1, 0.15) is 5.01 Å². The van der Waals surface area contributed by atoms with Crippen LogP contribution in [0, 0.1) is 0 Å². The summed E-state index contributed by atoms with van der Waals surface area (Å²) in [6.07, 6.45) is 0. The summed E-state index contributed by atoms with van der Waals surface area (Å²) in [6.45, 7) is 4.36. The Morgan fingerprint density at radius 1 is 1.50 bits per heavy atom. The van der Waals surface area contributed by atoms with Gasteiger partial charge in [-0.25, -0.2) is 0 Å². The van der Waals surface area contributed by atoms with Crippen LogP contribution in [-0.4, -0.2) is 29.7 Å². The van der Waals surface area contributed by atoms with Gasteiger partial charge in [0.2, 0.25) is 11.0 Å². The molecule has 0 bridgehead atoms. The Labute approximate surface area is 86.9 Å². The average Bonchev–Trinajstić information content (AvgIpc) is 2.62. The van der Waals surface area contributed by atoms with Gasteiger partial charge < -0.3 is 10.6 Å². The Morgan fingerprint density at radius 3 is 2.71 bits per heavy atom. The van der Waals surface area contributed by atoms with Crippen LogP contribution < -0.4 is 10.6 Å². The minimum Gasteiger partial charge on any atom is -0.358 e. The third kappa shape index (κ3) is 2.95. The second-order valence-corrected chi connectivity index (χ2v) is 4.14. The first-order valence-electron chi connectivity index (χ1n) is 4.41. The highest BCUT2D eigenvalue weighted by Gasteiger charge is 2.07. The molecule has 1 heterocycles. The SMILES string of the molecule is CNC(=O)CNc1nnc(C(C)C)s1. The molecule has 0 aromatic carbocycles.